The molecule has 0 fully saturated rings. The molecule has 0 aromatic rings. The smallest absolute Gasteiger partial charge is 1.00 e. The van der Waals surface area contributed by atoms with Gasteiger partial charge in [-0.25, -0.2) is 5.57 Å². The van der Waals surface area contributed by atoms with E-state index in [0.29, 0.717) is 12.5 Å². The van der Waals surface area contributed by atoms with Gasteiger partial charge in [-0.2, -0.15) is 17.7 Å². The summed E-state index contributed by atoms with van der Waals surface area (Å²) in [6.07, 6.45) is 17.0. The molecule has 0 saturated heterocycles. The van der Waals surface area contributed by atoms with Gasteiger partial charge in [-0.15, -0.1) is 6.92 Å². The third kappa shape index (κ3) is 25.0. The van der Waals surface area contributed by atoms with Gasteiger partial charge in [0.2, 0.25) is 0 Å². The van der Waals surface area contributed by atoms with Crippen LogP contribution in [0.25, 0.3) is 5.73 Å². The molecule has 0 aromatic heterocycles. The van der Waals surface area contributed by atoms with Gasteiger partial charge in [-0.05, 0) is 0 Å². The second kappa shape index (κ2) is 30.1. The fourth-order valence-electron chi connectivity index (χ4n) is 2.77. The van der Waals surface area contributed by atoms with E-state index >= 15 is 0 Å². The number of hydrogen-bond donors (Lipinski definition) is 0. The minimum absolute atomic E-state index is 0. The van der Waals surface area contributed by atoms with Crippen LogP contribution in [0.1, 0.15) is 98.8 Å². The van der Waals surface area contributed by atoms with Crippen LogP contribution in [0, 0.1) is 12.0 Å². The maximum atomic E-state index is 7.00. The van der Waals surface area contributed by atoms with Gasteiger partial charge >= 0.3 is 21.7 Å². The SMILES string of the molecule is CC1=[C-]C(C)C(C)=C1C.CCCCCCCCCCCC[NH-].C[SiH]C.[Cl-].[Cl-].[Ti+4]. The van der Waals surface area contributed by atoms with Crippen LogP contribution in [-0.4, -0.2) is 16.1 Å². The Balaban J connectivity index is -0.000000104. The Morgan fingerprint density at radius 1 is 0.821 bits per heavy atom. The molecule has 0 saturated carbocycles. The Labute approximate surface area is 208 Å². The van der Waals surface area contributed by atoms with Crippen LogP contribution in [-0.2, 0) is 21.7 Å². The van der Waals surface area contributed by atoms with E-state index in [0.717, 1.165) is 15.9 Å². The van der Waals surface area contributed by atoms with Crippen molar-refractivity contribution in [3.63, 3.8) is 0 Å². The summed E-state index contributed by atoms with van der Waals surface area (Å²) in [7, 11) is 0.750. The maximum absolute atomic E-state index is 7.00. The van der Waals surface area contributed by atoms with Crippen LogP contribution in [0.2, 0.25) is 13.1 Å². The van der Waals surface area contributed by atoms with Gasteiger partial charge < -0.3 is 30.5 Å². The van der Waals surface area contributed by atoms with E-state index in [1.807, 2.05) is 0 Å². The van der Waals surface area contributed by atoms with Crippen molar-refractivity contribution in [1.29, 1.82) is 0 Å². The second-order valence-corrected chi connectivity index (χ2v) is 8.46. The first kappa shape index (κ1) is 39.4. The van der Waals surface area contributed by atoms with Crippen molar-refractivity contribution in [3.05, 3.63) is 28.5 Å². The molecule has 0 aromatic carbocycles. The van der Waals surface area contributed by atoms with Crippen molar-refractivity contribution in [2.45, 2.75) is 112 Å². The van der Waals surface area contributed by atoms with Crippen LogP contribution in [0.4, 0.5) is 0 Å². The van der Waals surface area contributed by atoms with Gasteiger partial charge in [0.1, 0.15) is 0 Å². The number of allylic oxidation sites excluding steroid dienone is 4. The average molecular weight is 483 g/mol. The largest absolute Gasteiger partial charge is 4.00 e. The molecule has 1 N–H and O–H groups in total. The van der Waals surface area contributed by atoms with E-state index in [1.165, 1.54) is 74.5 Å². The van der Waals surface area contributed by atoms with Gasteiger partial charge in [-0.3, -0.25) is 6.08 Å². The third-order valence-corrected chi connectivity index (χ3v) is 4.77. The summed E-state index contributed by atoms with van der Waals surface area (Å²) in [5, 5.41) is 0. The zero-order chi connectivity index (χ0) is 19.5. The van der Waals surface area contributed by atoms with E-state index < -0.39 is 0 Å². The van der Waals surface area contributed by atoms with Crippen molar-refractivity contribution < 1.29 is 46.5 Å². The molecule has 0 bridgehead atoms. The molecule has 5 heteroatoms. The Kier molecular flexibility index (Phi) is 42.5. The number of unbranched alkanes of at least 4 members (excludes halogenated alkanes) is 9. The van der Waals surface area contributed by atoms with Crippen LogP contribution >= 0.6 is 0 Å². The zero-order valence-electron chi connectivity index (χ0n) is 19.7. The molecule has 0 spiro atoms. The summed E-state index contributed by atoms with van der Waals surface area (Å²) < 4.78 is 0. The van der Waals surface area contributed by atoms with Crippen LogP contribution in [0.15, 0.2) is 16.7 Å². The first-order valence-corrected chi connectivity index (χ1v) is 12.9. The van der Waals surface area contributed by atoms with Crippen molar-refractivity contribution in [2.24, 2.45) is 5.92 Å². The molecule has 1 unspecified atom stereocenters. The Bertz CT molecular complexity index is 351. The molecule has 0 amide bonds. The average Bonchev–Trinajstić information content (AvgIpc) is 2.81. The molecule has 1 atom stereocenters. The second-order valence-electron chi connectivity index (χ2n) is 7.31. The Morgan fingerprint density at radius 2 is 1.18 bits per heavy atom. The number of halogens is 2. The summed E-state index contributed by atoms with van der Waals surface area (Å²) in [5.41, 5.74) is 11.2. The standard InChI is InChI=1S/C12H26N.C9H13.C2H7Si.2ClH.Ti/c1-2-3-4-5-6-7-8-9-10-11-12-13;1-6-5-7(2)9(4)8(6)3;1-3-2;;;/h13H,2-12H2,1H3;6H,1-4H3;3H,1-2H3;2*1H;/q2*-1;;;;+4/p-2. The monoisotopic (exact) mass is 482 g/mol. The van der Waals surface area contributed by atoms with Gasteiger partial charge in [0.05, 0.1) is 0 Å². The van der Waals surface area contributed by atoms with Crippen LogP contribution in [0.3, 0.4) is 0 Å². The summed E-state index contributed by atoms with van der Waals surface area (Å²) in [6.45, 7) is 16.0. The van der Waals surface area contributed by atoms with Crippen molar-refractivity contribution in [1.82, 2.24) is 0 Å². The molecule has 1 aliphatic carbocycles. The van der Waals surface area contributed by atoms with E-state index in [4.69, 9.17) is 5.73 Å². The van der Waals surface area contributed by atoms with Crippen molar-refractivity contribution in [3.8, 4) is 0 Å². The number of nitrogens with one attached hydrogen (secondary N) is 1. The van der Waals surface area contributed by atoms with Crippen LogP contribution < -0.4 is 24.8 Å². The minimum Gasteiger partial charge on any atom is -1.00 e. The molecule has 0 aliphatic heterocycles. The van der Waals surface area contributed by atoms with Crippen molar-refractivity contribution in [2.75, 3.05) is 6.54 Å². The predicted octanol–water partition coefficient (Wildman–Crippen LogP) is 2.21. The molecule has 1 rings (SSSR count). The summed E-state index contributed by atoms with van der Waals surface area (Å²) in [5.74, 6) is 0.560. The maximum Gasteiger partial charge on any atom is 4.00 e. The summed E-state index contributed by atoms with van der Waals surface area (Å²) >= 11 is 0. The number of hydrogen-bond acceptors (Lipinski definition) is 0. The van der Waals surface area contributed by atoms with Crippen LogP contribution in [0.5, 0.6) is 0 Å². The molecular weight excluding hydrogens is 437 g/mol. The normalized spacial score (nSPS) is 14.3. The fourth-order valence-corrected chi connectivity index (χ4v) is 2.77. The fraction of sp³-hybridized carbons (Fsp3) is 0.826. The molecular formula is C23H46Cl2NSiTi. The molecule has 165 valence electrons. The van der Waals surface area contributed by atoms with E-state index in [-0.39, 0.29) is 46.5 Å². The van der Waals surface area contributed by atoms with E-state index in [2.05, 4.69) is 53.8 Å². The first-order chi connectivity index (χ1) is 12.0. The Hall–Kier alpha value is 0.951. The third-order valence-electron chi connectivity index (χ3n) is 4.77. The topological polar surface area (TPSA) is 23.8 Å². The number of rotatable bonds is 10. The Morgan fingerprint density at radius 3 is 1.39 bits per heavy atom. The predicted molar refractivity (Wildman–Crippen MR) is 120 cm³/mol. The zero-order valence-corrected chi connectivity index (χ0v) is 23.9. The molecule has 1 aliphatic rings. The molecule has 0 heterocycles. The first-order valence-electron chi connectivity index (χ1n) is 10.6. The summed E-state index contributed by atoms with van der Waals surface area (Å²) in [6, 6.07) is 0. The minimum atomic E-state index is 0. The quantitative estimate of drug-likeness (QED) is 0.259. The van der Waals surface area contributed by atoms with E-state index in [1.54, 1.807) is 0 Å². The van der Waals surface area contributed by atoms with Crippen molar-refractivity contribution >= 4 is 9.52 Å². The van der Waals surface area contributed by atoms with Gasteiger partial charge in [0.15, 0.2) is 0 Å². The molecule has 1 radical (unpaired) electrons. The van der Waals surface area contributed by atoms with Gasteiger partial charge in [0.25, 0.3) is 0 Å². The molecule has 28 heavy (non-hydrogen) atoms. The summed E-state index contributed by atoms with van der Waals surface area (Å²) in [4.78, 5) is 0. The van der Waals surface area contributed by atoms with Gasteiger partial charge in [-0.1, -0.05) is 111 Å². The molecule has 1 nitrogen and oxygen atoms in total. The van der Waals surface area contributed by atoms with E-state index in [9.17, 15) is 0 Å². The van der Waals surface area contributed by atoms with Gasteiger partial charge in [0, 0.05) is 9.52 Å².